The van der Waals surface area contributed by atoms with E-state index in [1.807, 2.05) is 0 Å². The van der Waals surface area contributed by atoms with Crippen molar-refractivity contribution in [3.63, 3.8) is 0 Å². The third kappa shape index (κ3) is 2.76. The van der Waals surface area contributed by atoms with Crippen LogP contribution in [0.2, 0.25) is 0 Å². The highest BCUT2D eigenvalue weighted by atomic mass is 33.1. The smallest absolute Gasteiger partial charge is 0.0404 e. The summed E-state index contributed by atoms with van der Waals surface area (Å²) in [5.74, 6) is 0. The highest BCUT2D eigenvalue weighted by molar-refractivity contribution is 8.68. The number of fused-ring (bicyclic) bond motifs is 1. The molecule has 1 unspecified atom stereocenters. The average Bonchev–Trinajstić information content (AvgIpc) is 2.36. The molecular formula is C14H21NS2. The number of anilines is 1. The lowest BCUT2D eigenvalue weighted by Crippen LogP contribution is -2.35. The van der Waals surface area contributed by atoms with Crippen LogP contribution in [0.4, 0.5) is 5.69 Å². The molecule has 17 heavy (non-hydrogen) atoms. The van der Waals surface area contributed by atoms with Crippen LogP contribution < -0.4 is 4.90 Å². The van der Waals surface area contributed by atoms with Crippen molar-refractivity contribution in [2.75, 3.05) is 11.4 Å². The molecule has 0 aromatic heterocycles. The topological polar surface area (TPSA) is 3.24 Å². The summed E-state index contributed by atoms with van der Waals surface area (Å²) in [5.41, 5.74) is 4.33. The van der Waals surface area contributed by atoms with E-state index in [9.17, 15) is 0 Å². The van der Waals surface area contributed by atoms with Crippen molar-refractivity contribution in [2.24, 2.45) is 0 Å². The van der Waals surface area contributed by atoms with Crippen molar-refractivity contribution in [2.45, 2.75) is 44.9 Å². The fourth-order valence-corrected chi connectivity index (χ4v) is 3.10. The molecule has 1 heterocycles. The molecule has 0 bridgehead atoms. The maximum atomic E-state index is 4.32. The summed E-state index contributed by atoms with van der Waals surface area (Å²) >= 11 is 4.32. The van der Waals surface area contributed by atoms with Gasteiger partial charge in [-0.1, -0.05) is 22.9 Å². The van der Waals surface area contributed by atoms with Crippen molar-refractivity contribution in [3.05, 3.63) is 29.3 Å². The van der Waals surface area contributed by atoms with Gasteiger partial charge in [-0.15, -0.1) is 11.7 Å². The van der Waals surface area contributed by atoms with E-state index >= 15 is 0 Å². The van der Waals surface area contributed by atoms with Crippen molar-refractivity contribution < 1.29 is 0 Å². The van der Waals surface area contributed by atoms with E-state index in [0.717, 1.165) is 0 Å². The standard InChI is InChI=1S/C14H21NS2/c1-10(2)15-8-4-5-12-6-7-13(9-14(12)15)11(3)17-16/h6-7,9-11,16H,4-5,8H2,1-3H3. The lowest BCUT2D eigenvalue weighted by molar-refractivity contribution is 0.625. The van der Waals surface area contributed by atoms with Crippen LogP contribution in [0.25, 0.3) is 0 Å². The zero-order valence-corrected chi connectivity index (χ0v) is 12.5. The number of hydrogen-bond acceptors (Lipinski definition) is 3. The molecule has 0 amide bonds. The fourth-order valence-electron chi connectivity index (χ4n) is 2.47. The van der Waals surface area contributed by atoms with Crippen molar-refractivity contribution >= 4 is 28.1 Å². The zero-order chi connectivity index (χ0) is 12.4. The molecule has 1 nitrogen and oxygen atoms in total. The second-order valence-corrected chi connectivity index (χ2v) is 6.58. The molecule has 0 saturated heterocycles. The quantitative estimate of drug-likeness (QED) is 0.635. The Kier molecular flexibility index (Phi) is 4.31. The van der Waals surface area contributed by atoms with Crippen molar-refractivity contribution in [1.29, 1.82) is 0 Å². The van der Waals surface area contributed by atoms with Gasteiger partial charge < -0.3 is 4.90 Å². The molecule has 0 aliphatic carbocycles. The van der Waals surface area contributed by atoms with E-state index in [-0.39, 0.29) is 0 Å². The summed E-state index contributed by atoms with van der Waals surface area (Å²) in [7, 11) is 1.61. The maximum Gasteiger partial charge on any atom is 0.0404 e. The van der Waals surface area contributed by atoms with Crippen LogP contribution in [0.3, 0.4) is 0 Å². The third-order valence-corrected chi connectivity index (χ3v) is 5.05. The van der Waals surface area contributed by atoms with Crippen LogP contribution in [-0.4, -0.2) is 12.6 Å². The first-order chi connectivity index (χ1) is 8.13. The van der Waals surface area contributed by atoms with Gasteiger partial charge in [0.15, 0.2) is 0 Å². The van der Waals surface area contributed by atoms with Crippen molar-refractivity contribution in [1.82, 2.24) is 0 Å². The minimum absolute atomic E-state index is 0.458. The molecule has 1 aliphatic heterocycles. The first-order valence-electron chi connectivity index (χ1n) is 6.33. The number of nitrogens with zero attached hydrogens (tertiary/aromatic N) is 1. The first-order valence-corrected chi connectivity index (χ1v) is 8.26. The fraction of sp³-hybridized carbons (Fsp3) is 0.571. The molecule has 1 atom stereocenters. The Hall–Kier alpha value is -0.280. The van der Waals surface area contributed by atoms with Gasteiger partial charge in [-0.25, -0.2) is 0 Å². The molecule has 2 rings (SSSR count). The summed E-state index contributed by atoms with van der Waals surface area (Å²) in [6.45, 7) is 7.95. The minimum atomic E-state index is 0.458. The monoisotopic (exact) mass is 267 g/mol. The molecule has 1 aromatic carbocycles. The number of aryl methyl sites for hydroxylation is 1. The Morgan fingerprint density at radius 2 is 2.06 bits per heavy atom. The Morgan fingerprint density at radius 3 is 2.71 bits per heavy atom. The van der Waals surface area contributed by atoms with Gasteiger partial charge in [-0.05, 0) is 50.8 Å². The SMILES string of the molecule is CC(SS)c1ccc2c(c1)N(C(C)C)CCC2. The third-order valence-electron chi connectivity index (χ3n) is 3.51. The predicted molar refractivity (Wildman–Crippen MR) is 82.2 cm³/mol. The van der Waals surface area contributed by atoms with Crippen LogP contribution in [0, 0.1) is 0 Å². The van der Waals surface area contributed by atoms with E-state index in [1.165, 1.54) is 36.2 Å². The summed E-state index contributed by atoms with van der Waals surface area (Å²) in [6.07, 6.45) is 2.50. The van der Waals surface area contributed by atoms with E-state index in [4.69, 9.17) is 0 Å². The number of hydrogen-bond donors (Lipinski definition) is 1. The lowest BCUT2D eigenvalue weighted by Gasteiger charge is -2.35. The zero-order valence-electron chi connectivity index (χ0n) is 10.8. The first kappa shape index (κ1) is 13.2. The van der Waals surface area contributed by atoms with E-state index in [0.29, 0.717) is 11.3 Å². The van der Waals surface area contributed by atoms with Crippen LogP contribution in [0.1, 0.15) is 43.6 Å². The molecule has 1 aliphatic rings. The van der Waals surface area contributed by atoms with Crippen LogP contribution in [0.5, 0.6) is 0 Å². The predicted octanol–water partition coefficient (Wildman–Crippen LogP) is 4.49. The van der Waals surface area contributed by atoms with E-state index in [2.05, 4.69) is 55.5 Å². The van der Waals surface area contributed by atoms with Gasteiger partial charge in [0.2, 0.25) is 0 Å². The Morgan fingerprint density at radius 1 is 1.29 bits per heavy atom. The minimum Gasteiger partial charge on any atom is -0.369 e. The maximum absolute atomic E-state index is 4.32. The van der Waals surface area contributed by atoms with Gasteiger partial charge in [0.25, 0.3) is 0 Å². The number of rotatable bonds is 3. The van der Waals surface area contributed by atoms with E-state index < -0.39 is 0 Å². The average molecular weight is 267 g/mol. The molecular weight excluding hydrogens is 246 g/mol. The molecule has 0 spiro atoms. The second kappa shape index (κ2) is 5.57. The Balaban J connectivity index is 2.37. The number of thiol groups is 1. The van der Waals surface area contributed by atoms with Crippen molar-refractivity contribution in [3.8, 4) is 0 Å². The van der Waals surface area contributed by atoms with Gasteiger partial charge in [-0.2, -0.15) is 0 Å². The Labute approximate surface area is 114 Å². The van der Waals surface area contributed by atoms with Gasteiger partial charge >= 0.3 is 0 Å². The molecule has 0 radical (unpaired) electrons. The normalized spacial score (nSPS) is 17.1. The summed E-state index contributed by atoms with van der Waals surface area (Å²) in [5, 5.41) is 0.458. The summed E-state index contributed by atoms with van der Waals surface area (Å²) < 4.78 is 0. The lowest BCUT2D eigenvalue weighted by atomic mass is 9.97. The number of benzene rings is 1. The summed E-state index contributed by atoms with van der Waals surface area (Å²) in [6, 6.07) is 7.52. The van der Waals surface area contributed by atoms with Gasteiger partial charge in [0.1, 0.15) is 0 Å². The Bertz CT molecular complexity index is 390. The molecule has 0 fully saturated rings. The van der Waals surface area contributed by atoms with Crippen LogP contribution in [-0.2, 0) is 6.42 Å². The molecule has 1 aromatic rings. The molecule has 0 N–H and O–H groups in total. The summed E-state index contributed by atoms with van der Waals surface area (Å²) in [4.78, 5) is 2.53. The van der Waals surface area contributed by atoms with Crippen LogP contribution in [0.15, 0.2) is 18.2 Å². The molecule has 0 saturated carbocycles. The van der Waals surface area contributed by atoms with Gasteiger partial charge in [0, 0.05) is 23.5 Å². The largest absolute Gasteiger partial charge is 0.369 e. The van der Waals surface area contributed by atoms with Gasteiger partial charge in [-0.3, -0.25) is 0 Å². The highest BCUT2D eigenvalue weighted by Crippen LogP contribution is 2.36. The molecule has 94 valence electrons. The van der Waals surface area contributed by atoms with Gasteiger partial charge in [0.05, 0.1) is 0 Å². The highest BCUT2D eigenvalue weighted by Gasteiger charge is 2.20. The van der Waals surface area contributed by atoms with E-state index in [1.54, 1.807) is 10.8 Å². The second-order valence-electron chi connectivity index (χ2n) is 5.03. The molecule has 3 heteroatoms. The van der Waals surface area contributed by atoms with Crippen LogP contribution >= 0.6 is 22.5 Å².